The SMILES string of the molecule is NC1(N)CC(N)(N)C1. The summed E-state index contributed by atoms with van der Waals surface area (Å²) in [5, 5.41) is 0. The van der Waals surface area contributed by atoms with Gasteiger partial charge >= 0.3 is 0 Å². The standard InChI is InChI=1S/C4H12N4/c5-3(6)1-4(7,8)2-3/h1-2,5-8H2. The average Bonchev–Trinajstić information content (AvgIpc) is 1.20. The van der Waals surface area contributed by atoms with Crippen molar-refractivity contribution >= 4 is 0 Å². The van der Waals surface area contributed by atoms with E-state index in [1.54, 1.807) is 0 Å². The van der Waals surface area contributed by atoms with Crippen LogP contribution in [0.5, 0.6) is 0 Å². The van der Waals surface area contributed by atoms with Gasteiger partial charge in [-0.15, -0.1) is 0 Å². The molecule has 8 heavy (non-hydrogen) atoms. The second-order valence-electron chi connectivity index (χ2n) is 2.82. The summed E-state index contributed by atoms with van der Waals surface area (Å²) in [5.41, 5.74) is 20.5. The van der Waals surface area contributed by atoms with Crippen LogP contribution in [0.25, 0.3) is 0 Å². The van der Waals surface area contributed by atoms with E-state index < -0.39 is 11.3 Å². The quantitative estimate of drug-likeness (QED) is 0.275. The molecule has 1 saturated carbocycles. The molecule has 0 spiro atoms. The second-order valence-corrected chi connectivity index (χ2v) is 2.82. The van der Waals surface area contributed by atoms with Gasteiger partial charge in [-0.1, -0.05) is 0 Å². The largest absolute Gasteiger partial charge is 0.313 e. The predicted molar refractivity (Wildman–Crippen MR) is 31.4 cm³/mol. The minimum Gasteiger partial charge on any atom is -0.313 e. The van der Waals surface area contributed by atoms with Crippen molar-refractivity contribution in [3.8, 4) is 0 Å². The Morgan fingerprint density at radius 1 is 0.750 bits per heavy atom. The third-order valence-electron chi connectivity index (χ3n) is 1.32. The molecule has 0 aromatic heterocycles. The van der Waals surface area contributed by atoms with Gasteiger partial charge in [-0.2, -0.15) is 0 Å². The van der Waals surface area contributed by atoms with Crippen LogP contribution in [-0.2, 0) is 0 Å². The van der Waals surface area contributed by atoms with E-state index in [2.05, 4.69) is 0 Å². The highest BCUT2D eigenvalue weighted by Crippen LogP contribution is 2.28. The van der Waals surface area contributed by atoms with Gasteiger partial charge in [0.1, 0.15) is 0 Å². The topological polar surface area (TPSA) is 104 Å². The monoisotopic (exact) mass is 116 g/mol. The molecule has 0 atom stereocenters. The van der Waals surface area contributed by atoms with E-state index >= 15 is 0 Å². The molecule has 8 N–H and O–H groups in total. The van der Waals surface area contributed by atoms with Crippen LogP contribution in [0.1, 0.15) is 12.8 Å². The van der Waals surface area contributed by atoms with Crippen molar-refractivity contribution in [2.75, 3.05) is 0 Å². The minimum absolute atomic E-state index is 0.514. The Bertz CT molecular complexity index is 84.6. The summed E-state index contributed by atoms with van der Waals surface area (Å²) in [6, 6.07) is 0. The summed E-state index contributed by atoms with van der Waals surface area (Å²) < 4.78 is 0. The van der Waals surface area contributed by atoms with Crippen molar-refractivity contribution in [3.05, 3.63) is 0 Å². The van der Waals surface area contributed by atoms with Gasteiger partial charge in [0.25, 0.3) is 0 Å². The number of rotatable bonds is 0. The molecule has 1 aliphatic rings. The Morgan fingerprint density at radius 2 is 1.00 bits per heavy atom. The molecule has 0 saturated heterocycles. The molecule has 4 heteroatoms. The molecule has 1 aliphatic carbocycles. The lowest BCUT2D eigenvalue weighted by molar-refractivity contribution is 0.121. The van der Waals surface area contributed by atoms with Crippen LogP contribution in [0, 0.1) is 0 Å². The summed E-state index contributed by atoms with van der Waals surface area (Å²) >= 11 is 0. The molecule has 0 unspecified atom stereocenters. The minimum atomic E-state index is -0.594. The van der Waals surface area contributed by atoms with Crippen molar-refractivity contribution in [1.82, 2.24) is 0 Å². The summed E-state index contributed by atoms with van der Waals surface area (Å²) in [7, 11) is 0. The van der Waals surface area contributed by atoms with Crippen LogP contribution in [0.3, 0.4) is 0 Å². The smallest absolute Gasteiger partial charge is 0.0698 e. The highest BCUT2D eigenvalue weighted by Gasteiger charge is 2.44. The molecular formula is C4H12N4. The Kier molecular flexibility index (Phi) is 0.908. The van der Waals surface area contributed by atoms with Gasteiger partial charge in [0.2, 0.25) is 0 Å². The van der Waals surface area contributed by atoms with Crippen molar-refractivity contribution in [3.63, 3.8) is 0 Å². The molecule has 1 fully saturated rings. The third-order valence-corrected chi connectivity index (χ3v) is 1.32. The Morgan fingerprint density at radius 3 is 1.00 bits per heavy atom. The lowest BCUT2D eigenvalue weighted by atomic mass is 9.76. The van der Waals surface area contributed by atoms with E-state index in [9.17, 15) is 0 Å². The molecule has 0 aliphatic heterocycles. The second kappa shape index (κ2) is 1.22. The highest BCUT2D eigenvalue weighted by atomic mass is 15.1. The molecule has 1 rings (SSSR count). The maximum Gasteiger partial charge on any atom is 0.0698 e. The van der Waals surface area contributed by atoms with Gasteiger partial charge < -0.3 is 22.9 Å². The van der Waals surface area contributed by atoms with Gasteiger partial charge in [0.15, 0.2) is 0 Å². The number of nitrogens with two attached hydrogens (primary N) is 4. The highest BCUT2D eigenvalue weighted by molar-refractivity contribution is 5.04. The molecule has 4 nitrogen and oxygen atoms in total. The molecule has 0 radical (unpaired) electrons. The molecular weight excluding hydrogens is 104 g/mol. The van der Waals surface area contributed by atoms with E-state index in [1.807, 2.05) is 0 Å². The zero-order valence-electron chi connectivity index (χ0n) is 4.72. The summed E-state index contributed by atoms with van der Waals surface area (Å²) in [5.74, 6) is 0. The summed E-state index contributed by atoms with van der Waals surface area (Å²) in [6.45, 7) is 0. The molecule has 0 aromatic carbocycles. The lowest BCUT2D eigenvalue weighted by Gasteiger charge is -2.47. The Balaban J connectivity index is 2.42. The predicted octanol–water partition coefficient (Wildman–Crippen LogP) is -1.99. The number of hydrogen-bond donors (Lipinski definition) is 4. The first kappa shape index (κ1) is 5.97. The molecule has 48 valence electrons. The van der Waals surface area contributed by atoms with Crippen LogP contribution < -0.4 is 22.9 Å². The first-order valence-corrected chi connectivity index (χ1v) is 2.57. The maximum atomic E-state index is 5.41. The first-order chi connectivity index (χ1) is 3.41. The third kappa shape index (κ3) is 0.976. The fourth-order valence-electron chi connectivity index (χ4n) is 1.17. The van der Waals surface area contributed by atoms with Crippen molar-refractivity contribution in [2.24, 2.45) is 22.9 Å². The van der Waals surface area contributed by atoms with Crippen molar-refractivity contribution < 1.29 is 0 Å². The van der Waals surface area contributed by atoms with Crippen molar-refractivity contribution in [2.45, 2.75) is 24.2 Å². The normalized spacial score (nSPS) is 31.5. The van der Waals surface area contributed by atoms with E-state index in [1.165, 1.54) is 0 Å². The average molecular weight is 116 g/mol. The van der Waals surface area contributed by atoms with Crippen LogP contribution in [0.2, 0.25) is 0 Å². The first-order valence-electron chi connectivity index (χ1n) is 2.57. The van der Waals surface area contributed by atoms with Crippen molar-refractivity contribution in [1.29, 1.82) is 0 Å². The maximum absolute atomic E-state index is 5.41. The Hall–Kier alpha value is -0.160. The van der Waals surface area contributed by atoms with Crippen LogP contribution >= 0.6 is 0 Å². The fraction of sp³-hybridized carbons (Fsp3) is 1.00. The van der Waals surface area contributed by atoms with E-state index in [-0.39, 0.29) is 0 Å². The van der Waals surface area contributed by atoms with Gasteiger partial charge in [0, 0.05) is 12.8 Å². The summed E-state index contributed by atoms with van der Waals surface area (Å²) in [6.07, 6.45) is 1.03. The molecule has 0 aromatic rings. The zero-order valence-corrected chi connectivity index (χ0v) is 4.72. The number of hydrogen-bond acceptors (Lipinski definition) is 4. The van der Waals surface area contributed by atoms with Gasteiger partial charge in [-0.25, -0.2) is 0 Å². The fourth-order valence-corrected chi connectivity index (χ4v) is 1.17. The molecule has 0 amide bonds. The molecule has 0 heterocycles. The van der Waals surface area contributed by atoms with Gasteiger partial charge in [-0.05, 0) is 0 Å². The zero-order chi connectivity index (χ0) is 6.41. The van der Waals surface area contributed by atoms with E-state index in [4.69, 9.17) is 22.9 Å². The molecule has 0 bridgehead atoms. The van der Waals surface area contributed by atoms with Crippen LogP contribution in [-0.4, -0.2) is 11.3 Å². The van der Waals surface area contributed by atoms with Crippen LogP contribution in [0.4, 0.5) is 0 Å². The Labute approximate surface area is 48.2 Å². The van der Waals surface area contributed by atoms with E-state index in [0.29, 0.717) is 12.8 Å². The van der Waals surface area contributed by atoms with E-state index in [0.717, 1.165) is 0 Å². The van der Waals surface area contributed by atoms with Gasteiger partial charge in [0.05, 0.1) is 11.3 Å². The summed E-state index contributed by atoms with van der Waals surface area (Å²) in [4.78, 5) is 0. The van der Waals surface area contributed by atoms with Gasteiger partial charge in [-0.3, -0.25) is 0 Å². The lowest BCUT2D eigenvalue weighted by Crippen LogP contribution is -2.74. The van der Waals surface area contributed by atoms with Crippen LogP contribution in [0.15, 0.2) is 0 Å².